The molecule has 1 aliphatic rings. The Labute approximate surface area is 207 Å². The van der Waals surface area contributed by atoms with Crippen LogP contribution in [0.1, 0.15) is 54.6 Å². The van der Waals surface area contributed by atoms with Crippen LogP contribution >= 0.6 is 11.3 Å². The van der Waals surface area contributed by atoms with Gasteiger partial charge >= 0.3 is 0 Å². The third-order valence-electron chi connectivity index (χ3n) is 6.53. The third-order valence-corrected chi connectivity index (χ3v) is 7.12. The normalized spacial score (nSPS) is 18.2. The van der Waals surface area contributed by atoms with Crippen LogP contribution < -0.4 is 5.73 Å². The van der Waals surface area contributed by atoms with Crippen LogP contribution in [-0.4, -0.2) is 56.8 Å². The Bertz CT molecular complexity index is 1310. The molecule has 0 spiro atoms. The van der Waals surface area contributed by atoms with Crippen LogP contribution in [0.3, 0.4) is 0 Å². The number of aromatic nitrogens is 5. The van der Waals surface area contributed by atoms with Gasteiger partial charge in [-0.05, 0) is 38.7 Å². The van der Waals surface area contributed by atoms with Crippen LogP contribution in [-0.2, 0) is 9.47 Å². The number of Topliss-reactive ketones (excluding diaryl/α,β-unsaturated/α-hetero) is 1. The van der Waals surface area contributed by atoms with Crippen LogP contribution in [0.4, 0.5) is 5.82 Å². The van der Waals surface area contributed by atoms with Gasteiger partial charge in [0.15, 0.2) is 11.4 Å². The predicted octanol–water partition coefficient (Wildman–Crippen LogP) is 4.39. The number of nitrogen functional groups attached to an aromatic ring is 1. The first-order valence-electron chi connectivity index (χ1n) is 11.7. The molecule has 0 bridgehead atoms. The lowest BCUT2D eigenvalue weighted by Crippen LogP contribution is -2.24. The maximum absolute atomic E-state index is 12.6. The highest BCUT2D eigenvalue weighted by Crippen LogP contribution is 2.38. The van der Waals surface area contributed by atoms with E-state index < -0.39 is 0 Å². The lowest BCUT2D eigenvalue weighted by atomic mass is 9.83. The molecule has 1 fully saturated rings. The molecule has 4 aromatic rings. The van der Waals surface area contributed by atoms with Crippen molar-refractivity contribution in [1.82, 2.24) is 24.6 Å². The van der Waals surface area contributed by atoms with E-state index in [9.17, 15) is 4.79 Å². The smallest absolute Gasteiger partial charge is 0.165 e. The van der Waals surface area contributed by atoms with E-state index in [1.165, 1.54) is 18.3 Å². The van der Waals surface area contributed by atoms with Crippen LogP contribution in [0.25, 0.3) is 28.2 Å². The predicted molar refractivity (Wildman–Crippen MR) is 135 cm³/mol. The van der Waals surface area contributed by atoms with Gasteiger partial charge in [-0.2, -0.15) is 9.61 Å². The quantitative estimate of drug-likeness (QED) is 0.284. The third kappa shape index (κ3) is 4.69. The Morgan fingerprint density at radius 1 is 1.14 bits per heavy atom. The number of carbonyl (C=O) groups excluding carboxylic acids is 1. The van der Waals surface area contributed by atoms with Crippen molar-refractivity contribution in [1.29, 1.82) is 0 Å². The van der Waals surface area contributed by atoms with Crippen molar-refractivity contribution < 1.29 is 14.3 Å². The Balaban J connectivity index is 1.47. The molecule has 4 aromatic heterocycles. The first kappa shape index (κ1) is 23.5. The molecule has 10 heteroatoms. The molecule has 0 saturated heterocycles. The summed E-state index contributed by atoms with van der Waals surface area (Å²) in [6.07, 6.45) is 7.31. The first-order valence-corrected chi connectivity index (χ1v) is 12.6. The van der Waals surface area contributed by atoms with E-state index in [4.69, 9.17) is 20.2 Å². The summed E-state index contributed by atoms with van der Waals surface area (Å²) in [6.45, 7) is 2.72. The average Bonchev–Trinajstić information content (AvgIpc) is 3.55. The Kier molecular flexibility index (Phi) is 6.85. The summed E-state index contributed by atoms with van der Waals surface area (Å²) in [6, 6.07) is 3.92. The molecule has 182 valence electrons. The highest BCUT2D eigenvalue weighted by atomic mass is 32.1. The van der Waals surface area contributed by atoms with Gasteiger partial charge in [0.25, 0.3) is 0 Å². The zero-order valence-corrected chi connectivity index (χ0v) is 20.6. The van der Waals surface area contributed by atoms with Crippen molar-refractivity contribution in [3.8, 4) is 22.5 Å². The summed E-state index contributed by atoms with van der Waals surface area (Å²) >= 11 is 1.53. The van der Waals surface area contributed by atoms with Crippen molar-refractivity contribution in [2.45, 2.75) is 44.6 Å². The summed E-state index contributed by atoms with van der Waals surface area (Å²) in [5, 5.41) is 6.42. The molecular weight excluding hydrogens is 464 g/mol. The van der Waals surface area contributed by atoms with Gasteiger partial charge in [-0.1, -0.05) is 6.07 Å². The largest absolute Gasteiger partial charge is 0.383 e. The number of carbonyl (C=O) groups is 1. The average molecular weight is 493 g/mol. The molecule has 0 unspecified atom stereocenters. The summed E-state index contributed by atoms with van der Waals surface area (Å²) in [4.78, 5) is 26.5. The van der Waals surface area contributed by atoms with Crippen molar-refractivity contribution in [3.63, 3.8) is 0 Å². The van der Waals surface area contributed by atoms with Crippen LogP contribution in [0, 0.1) is 0 Å². The van der Waals surface area contributed by atoms with E-state index in [1.54, 1.807) is 29.5 Å². The number of ether oxygens (including phenoxy) is 2. The zero-order chi connectivity index (χ0) is 24.4. The molecular formula is C25H28N6O3S. The number of ketones is 1. The van der Waals surface area contributed by atoms with Crippen molar-refractivity contribution in [2.24, 2.45) is 0 Å². The number of nitrogens with zero attached hydrogens (tertiary/aromatic N) is 5. The highest BCUT2D eigenvalue weighted by Gasteiger charge is 2.29. The molecule has 0 amide bonds. The van der Waals surface area contributed by atoms with Crippen LogP contribution in [0.15, 0.2) is 35.4 Å². The first-order chi connectivity index (χ1) is 17.1. The van der Waals surface area contributed by atoms with Gasteiger partial charge in [-0.25, -0.2) is 9.97 Å². The number of thiazole rings is 1. The molecule has 9 nitrogen and oxygen atoms in total. The molecule has 35 heavy (non-hydrogen) atoms. The van der Waals surface area contributed by atoms with E-state index in [1.807, 2.05) is 17.5 Å². The van der Waals surface area contributed by atoms with Gasteiger partial charge in [-0.3, -0.25) is 9.78 Å². The standard InChI is InChI=1S/C25H28N6O3S/c1-15(32)22-23(16-3-6-18(7-4-16)34-10-9-33-2)30-25-19(12-29-31(25)24(22)26)17-5-8-20(27-11-17)21-13-35-14-28-21/h5,8,11-14,16,18H,3-4,6-7,9-10,26H2,1-2H3. The number of hydrogen-bond donors (Lipinski definition) is 1. The monoisotopic (exact) mass is 492 g/mol. The lowest BCUT2D eigenvalue weighted by Gasteiger charge is -2.29. The Hall–Kier alpha value is -3.21. The second-order valence-electron chi connectivity index (χ2n) is 8.75. The summed E-state index contributed by atoms with van der Waals surface area (Å²) < 4.78 is 12.6. The van der Waals surface area contributed by atoms with Crippen LogP contribution in [0.2, 0.25) is 0 Å². The number of nitrogens with two attached hydrogens (primary N) is 1. The van der Waals surface area contributed by atoms with Gasteiger partial charge < -0.3 is 15.2 Å². The van der Waals surface area contributed by atoms with Crippen molar-refractivity contribution in [3.05, 3.63) is 46.7 Å². The molecule has 5 rings (SSSR count). The van der Waals surface area contributed by atoms with Crippen LogP contribution in [0.5, 0.6) is 0 Å². The van der Waals surface area contributed by atoms with E-state index in [-0.39, 0.29) is 17.8 Å². The van der Waals surface area contributed by atoms with Gasteiger partial charge in [0, 0.05) is 35.7 Å². The van der Waals surface area contributed by atoms with Crippen molar-refractivity contribution in [2.75, 3.05) is 26.1 Å². The maximum atomic E-state index is 12.6. The molecule has 2 N–H and O–H groups in total. The number of anilines is 1. The summed E-state index contributed by atoms with van der Waals surface area (Å²) in [5.41, 5.74) is 13.5. The molecule has 4 heterocycles. The van der Waals surface area contributed by atoms with Gasteiger partial charge in [0.1, 0.15) is 5.82 Å². The number of methoxy groups -OCH3 is 1. The summed E-state index contributed by atoms with van der Waals surface area (Å²) in [5.74, 6) is 0.363. The fourth-order valence-electron chi connectivity index (χ4n) is 4.74. The maximum Gasteiger partial charge on any atom is 0.165 e. The molecule has 1 saturated carbocycles. The van der Waals surface area contributed by atoms with E-state index in [2.05, 4.69) is 15.1 Å². The number of rotatable bonds is 8. The second kappa shape index (κ2) is 10.2. The fraction of sp³-hybridized carbons (Fsp3) is 0.400. The van der Waals surface area contributed by atoms with Crippen molar-refractivity contribution >= 4 is 28.6 Å². The van der Waals surface area contributed by atoms with E-state index >= 15 is 0 Å². The molecule has 0 aliphatic heterocycles. The second-order valence-corrected chi connectivity index (χ2v) is 9.47. The Morgan fingerprint density at radius 3 is 2.63 bits per heavy atom. The van der Waals surface area contributed by atoms with Gasteiger partial charge in [0.2, 0.25) is 0 Å². The zero-order valence-electron chi connectivity index (χ0n) is 19.8. The fourth-order valence-corrected chi connectivity index (χ4v) is 5.28. The highest BCUT2D eigenvalue weighted by molar-refractivity contribution is 7.07. The summed E-state index contributed by atoms with van der Waals surface area (Å²) in [7, 11) is 1.67. The minimum atomic E-state index is -0.100. The number of hydrogen-bond acceptors (Lipinski definition) is 9. The lowest BCUT2D eigenvalue weighted by molar-refractivity contribution is -0.00298. The van der Waals surface area contributed by atoms with E-state index in [0.29, 0.717) is 30.2 Å². The minimum Gasteiger partial charge on any atom is -0.383 e. The molecule has 1 aliphatic carbocycles. The number of pyridine rings is 1. The van der Waals surface area contributed by atoms with Gasteiger partial charge in [-0.15, -0.1) is 11.3 Å². The SMILES string of the molecule is COCCOC1CCC(c2nc3c(-c4ccc(-c5cscn5)nc4)cnn3c(N)c2C(C)=O)CC1. The van der Waals surface area contributed by atoms with Gasteiger partial charge in [0.05, 0.1) is 53.7 Å². The topological polar surface area (TPSA) is 118 Å². The minimum absolute atomic E-state index is 0.100. The molecule has 0 atom stereocenters. The van der Waals surface area contributed by atoms with E-state index in [0.717, 1.165) is 53.9 Å². The molecule has 0 radical (unpaired) electrons. The number of fused-ring (bicyclic) bond motifs is 1. The molecule has 0 aromatic carbocycles. The Morgan fingerprint density at radius 2 is 1.97 bits per heavy atom.